The Hall–Kier alpha value is -1.00. The van der Waals surface area contributed by atoms with E-state index in [1.54, 1.807) is 14.2 Å². The fourth-order valence-electron chi connectivity index (χ4n) is 1.98. The number of hydrogen-bond donors (Lipinski definition) is 0. The molecule has 106 valence electrons. The summed E-state index contributed by atoms with van der Waals surface area (Å²) in [5.41, 5.74) is 3.42. The lowest BCUT2D eigenvalue weighted by molar-refractivity contribution is 0.399. The van der Waals surface area contributed by atoms with Crippen molar-refractivity contribution in [3.63, 3.8) is 0 Å². The molecule has 0 aliphatic carbocycles. The Balaban J connectivity index is 2.45. The van der Waals surface area contributed by atoms with Gasteiger partial charge in [-0.25, -0.2) is 0 Å². The van der Waals surface area contributed by atoms with Crippen molar-refractivity contribution in [1.82, 2.24) is 0 Å². The first kappa shape index (κ1) is 15.4. The molecule has 0 saturated carbocycles. The summed E-state index contributed by atoms with van der Waals surface area (Å²) >= 11 is 7.33. The summed E-state index contributed by atoms with van der Waals surface area (Å²) in [4.78, 5) is 0.0458. The molecule has 0 saturated heterocycles. The number of benzene rings is 2. The van der Waals surface area contributed by atoms with Gasteiger partial charge in [0.25, 0.3) is 0 Å². The topological polar surface area (TPSA) is 18.5 Å². The maximum absolute atomic E-state index is 5.44. The third-order valence-corrected chi connectivity index (χ3v) is 5.07. The van der Waals surface area contributed by atoms with Crippen LogP contribution in [0.3, 0.4) is 0 Å². The molecule has 0 aromatic heterocycles. The van der Waals surface area contributed by atoms with Crippen LogP contribution in [0, 0.1) is 6.92 Å². The molecule has 0 aliphatic heterocycles. The average molecular weight is 400 g/mol. The van der Waals surface area contributed by atoms with E-state index < -0.39 is 0 Å². The Labute approximate surface area is 136 Å². The van der Waals surface area contributed by atoms with Gasteiger partial charge in [0.2, 0.25) is 0 Å². The predicted molar refractivity (Wildman–Crippen MR) is 89.2 cm³/mol. The smallest absolute Gasteiger partial charge is 0.123 e. The monoisotopic (exact) mass is 398 g/mol. The quantitative estimate of drug-likeness (QED) is 0.653. The van der Waals surface area contributed by atoms with E-state index in [1.807, 2.05) is 18.2 Å². The molecular weight excluding hydrogens is 384 g/mol. The Bertz CT molecular complexity index is 611. The predicted octanol–water partition coefficient (Wildman–Crippen LogP) is 5.26. The van der Waals surface area contributed by atoms with Gasteiger partial charge in [-0.05, 0) is 42.3 Å². The van der Waals surface area contributed by atoms with Crippen LogP contribution in [0.15, 0.2) is 40.9 Å². The fourth-order valence-corrected chi connectivity index (χ4v) is 3.02. The Kier molecular flexibility index (Phi) is 5.11. The molecule has 2 aromatic rings. The van der Waals surface area contributed by atoms with E-state index in [0.717, 1.165) is 27.1 Å². The van der Waals surface area contributed by atoms with Crippen molar-refractivity contribution < 1.29 is 9.47 Å². The van der Waals surface area contributed by atoms with Crippen molar-refractivity contribution >= 4 is 31.9 Å². The van der Waals surface area contributed by atoms with Crippen LogP contribution in [0.25, 0.3) is 0 Å². The van der Waals surface area contributed by atoms with Gasteiger partial charge in [-0.15, -0.1) is 0 Å². The van der Waals surface area contributed by atoms with Crippen LogP contribution in [0.1, 0.15) is 21.5 Å². The van der Waals surface area contributed by atoms with Crippen LogP contribution in [0.2, 0.25) is 0 Å². The van der Waals surface area contributed by atoms with E-state index in [2.05, 4.69) is 57.0 Å². The summed E-state index contributed by atoms with van der Waals surface area (Å²) in [7, 11) is 3.34. The molecule has 1 atom stereocenters. The lowest BCUT2D eigenvalue weighted by Gasteiger charge is -2.16. The van der Waals surface area contributed by atoms with Crippen LogP contribution >= 0.6 is 31.9 Å². The van der Waals surface area contributed by atoms with Crippen molar-refractivity contribution in [2.75, 3.05) is 14.2 Å². The first-order valence-electron chi connectivity index (χ1n) is 6.19. The van der Waals surface area contributed by atoms with Crippen molar-refractivity contribution in [2.24, 2.45) is 0 Å². The van der Waals surface area contributed by atoms with Crippen molar-refractivity contribution in [2.45, 2.75) is 11.8 Å². The van der Waals surface area contributed by atoms with Gasteiger partial charge in [0.15, 0.2) is 0 Å². The highest BCUT2D eigenvalue weighted by molar-refractivity contribution is 9.10. The molecule has 0 bridgehead atoms. The zero-order valence-electron chi connectivity index (χ0n) is 11.6. The maximum atomic E-state index is 5.44. The molecule has 0 radical (unpaired) electrons. The van der Waals surface area contributed by atoms with E-state index in [4.69, 9.17) is 9.47 Å². The number of rotatable bonds is 4. The SMILES string of the molecule is COc1ccc(OC)c(C(Br)c2ccc(C)c(Br)c2)c1. The number of alkyl halides is 1. The maximum Gasteiger partial charge on any atom is 0.123 e. The lowest BCUT2D eigenvalue weighted by Crippen LogP contribution is -1.98. The average Bonchev–Trinajstić information content (AvgIpc) is 2.48. The summed E-state index contributed by atoms with van der Waals surface area (Å²) in [6.07, 6.45) is 0. The summed E-state index contributed by atoms with van der Waals surface area (Å²) in [6.45, 7) is 2.07. The van der Waals surface area contributed by atoms with Crippen LogP contribution in [0.4, 0.5) is 0 Å². The van der Waals surface area contributed by atoms with Gasteiger partial charge in [-0.2, -0.15) is 0 Å². The highest BCUT2D eigenvalue weighted by Crippen LogP contribution is 2.39. The van der Waals surface area contributed by atoms with E-state index in [9.17, 15) is 0 Å². The van der Waals surface area contributed by atoms with Crippen LogP contribution in [-0.4, -0.2) is 14.2 Å². The molecule has 1 unspecified atom stereocenters. The standard InChI is InChI=1S/C16H16Br2O2/c1-10-4-5-11(8-14(10)17)16(18)13-9-12(19-2)6-7-15(13)20-3/h4-9,16H,1-3H3. The molecule has 2 aromatic carbocycles. The van der Waals surface area contributed by atoms with Gasteiger partial charge >= 0.3 is 0 Å². The van der Waals surface area contributed by atoms with E-state index >= 15 is 0 Å². The highest BCUT2D eigenvalue weighted by atomic mass is 79.9. The van der Waals surface area contributed by atoms with Crippen LogP contribution < -0.4 is 9.47 Å². The van der Waals surface area contributed by atoms with Crippen molar-refractivity contribution in [3.05, 3.63) is 57.6 Å². The molecule has 4 heteroatoms. The summed E-state index contributed by atoms with van der Waals surface area (Å²) in [5, 5.41) is 0. The van der Waals surface area contributed by atoms with E-state index in [0.29, 0.717) is 0 Å². The molecule has 0 heterocycles. The normalized spacial score (nSPS) is 12.1. The third kappa shape index (κ3) is 3.18. The van der Waals surface area contributed by atoms with Crippen molar-refractivity contribution in [1.29, 1.82) is 0 Å². The zero-order chi connectivity index (χ0) is 14.7. The molecule has 0 amide bonds. The Morgan fingerprint density at radius 2 is 1.75 bits per heavy atom. The van der Waals surface area contributed by atoms with Crippen LogP contribution in [0.5, 0.6) is 11.5 Å². The van der Waals surface area contributed by atoms with Gasteiger partial charge in [0.1, 0.15) is 11.5 Å². The molecule has 0 fully saturated rings. The first-order chi connectivity index (χ1) is 9.56. The minimum absolute atomic E-state index is 0.0458. The zero-order valence-corrected chi connectivity index (χ0v) is 14.8. The Morgan fingerprint density at radius 1 is 1.00 bits per heavy atom. The Morgan fingerprint density at radius 3 is 2.35 bits per heavy atom. The second kappa shape index (κ2) is 6.64. The summed E-state index contributed by atoms with van der Waals surface area (Å²) in [6, 6.07) is 12.1. The van der Waals surface area contributed by atoms with E-state index in [1.165, 1.54) is 5.56 Å². The number of methoxy groups -OCH3 is 2. The molecular formula is C16H16Br2O2. The molecule has 2 rings (SSSR count). The molecule has 0 N–H and O–H groups in total. The minimum Gasteiger partial charge on any atom is -0.497 e. The van der Waals surface area contributed by atoms with Gasteiger partial charge in [-0.1, -0.05) is 44.0 Å². The van der Waals surface area contributed by atoms with E-state index in [-0.39, 0.29) is 4.83 Å². The minimum atomic E-state index is 0.0458. The number of halogens is 2. The van der Waals surface area contributed by atoms with Gasteiger partial charge in [0.05, 0.1) is 19.0 Å². The lowest BCUT2D eigenvalue weighted by atomic mass is 10.0. The molecule has 0 aliphatic rings. The largest absolute Gasteiger partial charge is 0.497 e. The first-order valence-corrected chi connectivity index (χ1v) is 7.89. The fraction of sp³-hybridized carbons (Fsp3) is 0.250. The highest BCUT2D eigenvalue weighted by Gasteiger charge is 2.17. The number of aryl methyl sites for hydroxylation is 1. The second-order valence-electron chi connectivity index (χ2n) is 4.48. The third-order valence-electron chi connectivity index (χ3n) is 3.20. The molecule has 0 spiro atoms. The van der Waals surface area contributed by atoms with Gasteiger partial charge < -0.3 is 9.47 Å². The number of ether oxygens (including phenoxy) is 2. The summed E-state index contributed by atoms with van der Waals surface area (Å²) in [5.74, 6) is 1.65. The summed E-state index contributed by atoms with van der Waals surface area (Å²) < 4.78 is 11.8. The van der Waals surface area contributed by atoms with Crippen molar-refractivity contribution in [3.8, 4) is 11.5 Å². The molecule has 2 nitrogen and oxygen atoms in total. The van der Waals surface area contributed by atoms with Gasteiger partial charge in [0, 0.05) is 10.0 Å². The van der Waals surface area contributed by atoms with Gasteiger partial charge in [-0.3, -0.25) is 0 Å². The second-order valence-corrected chi connectivity index (χ2v) is 6.25. The molecule has 20 heavy (non-hydrogen) atoms. The number of hydrogen-bond acceptors (Lipinski definition) is 2. The van der Waals surface area contributed by atoms with Crippen LogP contribution in [-0.2, 0) is 0 Å².